The number of hydrogen-bond donors (Lipinski definition) is 2. The Labute approximate surface area is 112 Å². The van der Waals surface area contributed by atoms with E-state index in [1.807, 2.05) is 0 Å². The maximum absolute atomic E-state index is 12.1. The molecule has 1 atom stereocenters. The molecule has 5 heteroatoms. The zero-order chi connectivity index (χ0) is 13.2. The van der Waals surface area contributed by atoms with Crippen LogP contribution in [0.2, 0.25) is 0 Å². The fourth-order valence-electron chi connectivity index (χ4n) is 2.88. The molecule has 0 bridgehead atoms. The number of rotatable bonds is 5. The number of amides is 1. The van der Waals surface area contributed by atoms with Crippen molar-refractivity contribution < 1.29 is 14.4 Å². The van der Waals surface area contributed by atoms with Gasteiger partial charge in [-0.15, -0.1) is 0 Å². The fraction of sp³-hybridized carbons (Fsp3) is 0.714. The molecule has 1 unspecified atom stereocenters. The van der Waals surface area contributed by atoms with Crippen LogP contribution in [-0.4, -0.2) is 28.8 Å². The lowest BCUT2D eigenvalue weighted by Crippen LogP contribution is -2.42. The minimum Gasteiger partial charge on any atom is -0.394 e. The molecule has 2 aliphatic carbocycles. The molecule has 3 rings (SSSR count). The molecule has 1 aromatic rings. The average Bonchev–Trinajstić information content (AvgIpc) is 2.96. The predicted molar refractivity (Wildman–Crippen MR) is 68.8 cm³/mol. The number of aromatic nitrogens is 1. The van der Waals surface area contributed by atoms with Gasteiger partial charge in [-0.05, 0) is 31.6 Å². The SMILES string of the molecule is O=C(NC(CO)C1CCCC1)c1cc(C2CC2)no1. The van der Waals surface area contributed by atoms with Gasteiger partial charge in [-0.3, -0.25) is 4.79 Å². The van der Waals surface area contributed by atoms with Gasteiger partial charge in [0.15, 0.2) is 0 Å². The maximum Gasteiger partial charge on any atom is 0.290 e. The highest BCUT2D eigenvalue weighted by molar-refractivity contribution is 5.91. The van der Waals surface area contributed by atoms with Crippen LogP contribution in [0.1, 0.15) is 60.7 Å². The van der Waals surface area contributed by atoms with E-state index in [1.54, 1.807) is 6.07 Å². The maximum atomic E-state index is 12.1. The monoisotopic (exact) mass is 264 g/mol. The van der Waals surface area contributed by atoms with E-state index in [2.05, 4.69) is 10.5 Å². The Morgan fingerprint density at radius 1 is 1.42 bits per heavy atom. The fourth-order valence-corrected chi connectivity index (χ4v) is 2.88. The van der Waals surface area contributed by atoms with Crippen molar-refractivity contribution in [1.82, 2.24) is 10.5 Å². The first-order valence-corrected chi connectivity index (χ1v) is 7.16. The van der Waals surface area contributed by atoms with Crippen LogP contribution in [0.25, 0.3) is 0 Å². The highest BCUT2D eigenvalue weighted by Crippen LogP contribution is 2.39. The standard InChI is InChI=1S/C14H20N2O3/c17-8-12(9-3-1-2-4-9)15-14(18)13-7-11(16-19-13)10-5-6-10/h7,9-10,12,17H,1-6,8H2,(H,15,18). The van der Waals surface area contributed by atoms with Gasteiger partial charge >= 0.3 is 0 Å². The molecular formula is C14H20N2O3. The molecule has 1 aromatic heterocycles. The largest absolute Gasteiger partial charge is 0.394 e. The van der Waals surface area contributed by atoms with Crippen LogP contribution in [0.4, 0.5) is 0 Å². The third-order valence-corrected chi connectivity index (χ3v) is 4.23. The quantitative estimate of drug-likeness (QED) is 0.850. The lowest BCUT2D eigenvalue weighted by Gasteiger charge is -2.21. The first-order valence-electron chi connectivity index (χ1n) is 7.16. The molecule has 2 N–H and O–H groups in total. The van der Waals surface area contributed by atoms with Crippen molar-refractivity contribution in [3.05, 3.63) is 17.5 Å². The predicted octanol–water partition coefficient (Wildman–Crippen LogP) is 1.83. The second kappa shape index (κ2) is 5.33. The van der Waals surface area contributed by atoms with Gasteiger partial charge in [-0.2, -0.15) is 0 Å². The summed E-state index contributed by atoms with van der Waals surface area (Å²) in [7, 11) is 0. The Hall–Kier alpha value is -1.36. The van der Waals surface area contributed by atoms with Gasteiger partial charge in [0.05, 0.1) is 18.3 Å². The van der Waals surface area contributed by atoms with Crippen molar-refractivity contribution in [2.75, 3.05) is 6.61 Å². The number of nitrogens with one attached hydrogen (secondary N) is 1. The summed E-state index contributed by atoms with van der Waals surface area (Å²) in [6, 6.07) is 1.57. The molecule has 0 spiro atoms. The molecule has 0 aliphatic heterocycles. The molecule has 2 aliphatic rings. The first kappa shape index (κ1) is 12.7. The zero-order valence-electron chi connectivity index (χ0n) is 11.0. The lowest BCUT2D eigenvalue weighted by molar-refractivity contribution is 0.0852. The van der Waals surface area contributed by atoms with E-state index < -0.39 is 0 Å². The smallest absolute Gasteiger partial charge is 0.290 e. The second-order valence-corrected chi connectivity index (χ2v) is 5.70. The van der Waals surface area contributed by atoms with E-state index in [0.29, 0.717) is 11.8 Å². The van der Waals surface area contributed by atoms with Gasteiger partial charge < -0.3 is 14.9 Å². The highest BCUT2D eigenvalue weighted by atomic mass is 16.5. The summed E-state index contributed by atoms with van der Waals surface area (Å²) in [5.41, 5.74) is 0.881. The number of nitrogens with zero attached hydrogens (tertiary/aromatic N) is 1. The van der Waals surface area contributed by atoms with Crippen molar-refractivity contribution in [1.29, 1.82) is 0 Å². The minimum atomic E-state index is -0.259. The Balaban J connectivity index is 1.61. The highest BCUT2D eigenvalue weighted by Gasteiger charge is 2.30. The molecule has 5 nitrogen and oxygen atoms in total. The van der Waals surface area contributed by atoms with E-state index in [9.17, 15) is 9.90 Å². The number of aliphatic hydroxyl groups is 1. The van der Waals surface area contributed by atoms with Crippen molar-refractivity contribution >= 4 is 5.91 Å². The Morgan fingerprint density at radius 3 is 2.79 bits per heavy atom. The van der Waals surface area contributed by atoms with E-state index in [-0.39, 0.29) is 24.3 Å². The van der Waals surface area contributed by atoms with Gasteiger partial charge in [0.25, 0.3) is 5.91 Å². The number of hydrogen-bond acceptors (Lipinski definition) is 4. The summed E-state index contributed by atoms with van der Waals surface area (Å²) < 4.78 is 5.09. The first-order chi connectivity index (χ1) is 9.28. The molecular weight excluding hydrogens is 244 g/mol. The number of carbonyl (C=O) groups is 1. The summed E-state index contributed by atoms with van der Waals surface area (Å²) in [6.45, 7) is -0.0139. The molecule has 2 saturated carbocycles. The second-order valence-electron chi connectivity index (χ2n) is 5.70. The van der Waals surface area contributed by atoms with Crippen LogP contribution >= 0.6 is 0 Å². The van der Waals surface area contributed by atoms with E-state index in [1.165, 1.54) is 12.8 Å². The van der Waals surface area contributed by atoms with Crippen molar-refractivity contribution in [2.45, 2.75) is 50.5 Å². The van der Waals surface area contributed by atoms with Crippen molar-refractivity contribution in [3.63, 3.8) is 0 Å². The lowest BCUT2D eigenvalue weighted by atomic mass is 9.99. The molecule has 0 aromatic carbocycles. The van der Waals surface area contributed by atoms with Gasteiger partial charge in [-0.25, -0.2) is 0 Å². The van der Waals surface area contributed by atoms with Gasteiger partial charge in [0.1, 0.15) is 0 Å². The summed E-state index contributed by atoms with van der Waals surface area (Å²) in [4.78, 5) is 12.1. The van der Waals surface area contributed by atoms with Crippen LogP contribution in [0.5, 0.6) is 0 Å². The van der Waals surface area contributed by atoms with Gasteiger partial charge in [-0.1, -0.05) is 18.0 Å². The van der Waals surface area contributed by atoms with Crippen LogP contribution in [0, 0.1) is 5.92 Å². The average molecular weight is 264 g/mol. The summed E-state index contributed by atoms with van der Waals surface area (Å²) >= 11 is 0. The molecule has 19 heavy (non-hydrogen) atoms. The molecule has 1 amide bonds. The summed E-state index contributed by atoms with van der Waals surface area (Å²) in [5.74, 6) is 0.872. The molecule has 0 saturated heterocycles. The van der Waals surface area contributed by atoms with Crippen LogP contribution in [-0.2, 0) is 0 Å². The third kappa shape index (κ3) is 2.81. The molecule has 1 heterocycles. The summed E-state index contributed by atoms with van der Waals surface area (Å²) in [5, 5.41) is 16.2. The van der Waals surface area contributed by atoms with Crippen LogP contribution in [0.3, 0.4) is 0 Å². The third-order valence-electron chi connectivity index (χ3n) is 4.23. The van der Waals surface area contributed by atoms with Crippen LogP contribution < -0.4 is 5.32 Å². The molecule has 0 radical (unpaired) electrons. The summed E-state index contributed by atoms with van der Waals surface area (Å²) in [6.07, 6.45) is 6.80. The van der Waals surface area contributed by atoms with Gasteiger partial charge in [0, 0.05) is 12.0 Å². The van der Waals surface area contributed by atoms with E-state index >= 15 is 0 Å². The van der Waals surface area contributed by atoms with Crippen LogP contribution in [0.15, 0.2) is 10.6 Å². The van der Waals surface area contributed by atoms with E-state index in [4.69, 9.17) is 4.52 Å². The minimum absolute atomic E-state index is 0.0139. The van der Waals surface area contributed by atoms with Gasteiger partial charge in [0.2, 0.25) is 5.76 Å². The Kier molecular flexibility index (Phi) is 3.55. The Morgan fingerprint density at radius 2 is 2.16 bits per heavy atom. The van der Waals surface area contributed by atoms with Crippen molar-refractivity contribution in [3.8, 4) is 0 Å². The molecule has 104 valence electrons. The van der Waals surface area contributed by atoms with E-state index in [0.717, 1.165) is 31.4 Å². The number of carbonyl (C=O) groups excluding carboxylic acids is 1. The zero-order valence-corrected chi connectivity index (χ0v) is 11.0. The Bertz CT molecular complexity index is 447. The van der Waals surface area contributed by atoms with Crippen molar-refractivity contribution in [2.24, 2.45) is 5.92 Å². The normalized spacial score (nSPS) is 21.5. The molecule has 2 fully saturated rings. The number of aliphatic hydroxyl groups excluding tert-OH is 1. The topological polar surface area (TPSA) is 75.4 Å².